The first-order valence-corrected chi connectivity index (χ1v) is 6.71. The summed E-state index contributed by atoms with van der Waals surface area (Å²) in [5.74, 6) is -3.09. The van der Waals surface area contributed by atoms with E-state index in [1.54, 1.807) is 18.2 Å². The molecule has 0 amide bonds. The lowest BCUT2D eigenvalue weighted by atomic mass is 9.89. The van der Waals surface area contributed by atoms with Gasteiger partial charge in [-0.25, -0.2) is 9.59 Å². The summed E-state index contributed by atoms with van der Waals surface area (Å²) < 4.78 is 5.34. The molecule has 7 nitrogen and oxygen atoms in total. The summed E-state index contributed by atoms with van der Waals surface area (Å²) in [6, 6.07) is 10.9. The van der Waals surface area contributed by atoms with Gasteiger partial charge in [0.05, 0.1) is 5.56 Å². The molecule has 0 saturated heterocycles. The third-order valence-corrected chi connectivity index (χ3v) is 3.32. The van der Waals surface area contributed by atoms with Gasteiger partial charge in [-0.05, 0) is 18.2 Å². The van der Waals surface area contributed by atoms with E-state index in [4.69, 9.17) is 4.74 Å². The highest BCUT2D eigenvalue weighted by atomic mass is 16.5. The predicted molar refractivity (Wildman–Crippen MR) is 81.2 cm³/mol. The summed E-state index contributed by atoms with van der Waals surface area (Å²) in [7, 11) is 0. The van der Waals surface area contributed by atoms with Crippen LogP contribution in [0.25, 0.3) is 0 Å². The molecule has 0 fully saturated rings. The average Bonchev–Trinajstić information content (AvgIpc) is 2.59. The lowest BCUT2D eigenvalue weighted by Gasteiger charge is -2.26. The molecule has 0 aliphatic heterocycles. The van der Waals surface area contributed by atoms with Crippen molar-refractivity contribution in [1.29, 1.82) is 0 Å². The fourth-order valence-corrected chi connectivity index (χ4v) is 2.16. The highest BCUT2D eigenvalue weighted by molar-refractivity contribution is 6.02. The van der Waals surface area contributed by atoms with Crippen molar-refractivity contribution < 1.29 is 34.1 Å². The molecule has 1 unspecified atom stereocenters. The molecule has 0 saturated carbocycles. The number of aliphatic carboxylic acids is 1. The van der Waals surface area contributed by atoms with Gasteiger partial charge in [0.2, 0.25) is 0 Å². The minimum Gasteiger partial charge on any atom is -0.478 e. The van der Waals surface area contributed by atoms with Gasteiger partial charge in [-0.1, -0.05) is 30.3 Å². The average molecular weight is 328 g/mol. The van der Waals surface area contributed by atoms with E-state index >= 15 is 0 Å². The van der Waals surface area contributed by atoms with E-state index in [0.29, 0.717) is 6.29 Å². The Morgan fingerprint density at radius 2 is 1.67 bits per heavy atom. The molecule has 0 spiro atoms. The van der Waals surface area contributed by atoms with Crippen LogP contribution in [-0.4, -0.2) is 34.7 Å². The van der Waals surface area contributed by atoms with E-state index in [1.165, 1.54) is 18.2 Å². The minimum absolute atomic E-state index is 0.0185. The van der Waals surface area contributed by atoms with Gasteiger partial charge in [-0.15, -0.1) is 0 Å². The van der Waals surface area contributed by atoms with Crippen molar-refractivity contribution in [2.24, 2.45) is 0 Å². The van der Waals surface area contributed by atoms with Gasteiger partial charge < -0.3 is 14.9 Å². The van der Waals surface area contributed by atoms with E-state index in [2.05, 4.69) is 0 Å². The third kappa shape index (κ3) is 3.00. The summed E-state index contributed by atoms with van der Waals surface area (Å²) in [4.78, 5) is 45.7. The third-order valence-electron chi connectivity index (χ3n) is 3.32. The molecule has 2 aromatic carbocycles. The molecule has 0 heterocycles. The Morgan fingerprint density at radius 1 is 1.00 bits per heavy atom. The Labute approximate surface area is 136 Å². The van der Waals surface area contributed by atoms with Crippen LogP contribution in [0.2, 0.25) is 0 Å². The normalized spacial score (nSPS) is 12.7. The van der Waals surface area contributed by atoms with E-state index < -0.39 is 23.1 Å². The van der Waals surface area contributed by atoms with E-state index in [1.807, 2.05) is 0 Å². The molecule has 0 aliphatic carbocycles. The second-order valence-electron chi connectivity index (χ2n) is 4.80. The first-order chi connectivity index (χ1) is 11.4. The monoisotopic (exact) mass is 328 g/mol. The minimum atomic E-state index is -2.56. The number of carboxylic acids is 2. The summed E-state index contributed by atoms with van der Waals surface area (Å²) in [6.45, 7) is 0. The Morgan fingerprint density at radius 3 is 2.17 bits per heavy atom. The van der Waals surface area contributed by atoms with Gasteiger partial charge in [0.25, 0.3) is 5.60 Å². The number of hydrogen-bond acceptors (Lipinski definition) is 5. The number of para-hydroxylation sites is 1. The van der Waals surface area contributed by atoms with Gasteiger partial charge >= 0.3 is 11.9 Å². The fourth-order valence-electron chi connectivity index (χ4n) is 2.16. The maximum Gasteiger partial charge on any atom is 0.360 e. The Hall–Kier alpha value is -3.48. The van der Waals surface area contributed by atoms with Crippen molar-refractivity contribution in [3.8, 4) is 5.75 Å². The lowest BCUT2D eigenvalue weighted by Crippen LogP contribution is -2.44. The van der Waals surface area contributed by atoms with Crippen LogP contribution in [0.1, 0.15) is 26.3 Å². The van der Waals surface area contributed by atoms with Gasteiger partial charge in [0.15, 0.2) is 6.29 Å². The maximum absolute atomic E-state index is 11.8. The second kappa shape index (κ2) is 6.74. The quantitative estimate of drug-likeness (QED) is 0.587. The predicted octanol–water partition coefficient (Wildman–Crippen LogP) is 1.76. The van der Waals surface area contributed by atoms with Crippen molar-refractivity contribution >= 4 is 24.5 Å². The highest BCUT2D eigenvalue weighted by Gasteiger charge is 2.46. The number of carbonyl (C=O) groups is 4. The van der Waals surface area contributed by atoms with Gasteiger partial charge in [0.1, 0.15) is 12.0 Å². The highest BCUT2D eigenvalue weighted by Crippen LogP contribution is 2.30. The fraction of sp³-hybridized carbons (Fsp3) is 0.0588. The van der Waals surface area contributed by atoms with E-state index in [-0.39, 0.29) is 23.2 Å². The van der Waals surface area contributed by atoms with Crippen LogP contribution >= 0.6 is 0 Å². The van der Waals surface area contributed by atoms with Crippen LogP contribution in [0.5, 0.6) is 5.75 Å². The molecule has 0 aliphatic rings. The SMILES string of the molecule is O=Cc1ccc(C(C=O)(Oc2ccccc2)C(=O)O)c(C(=O)O)c1. The zero-order valence-electron chi connectivity index (χ0n) is 12.2. The Bertz CT molecular complexity index is 798. The summed E-state index contributed by atoms with van der Waals surface area (Å²) >= 11 is 0. The molecule has 122 valence electrons. The molecule has 0 bridgehead atoms. The van der Waals surface area contributed by atoms with Gasteiger partial charge in [-0.2, -0.15) is 0 Å². The summed E-state index contributed by atoms with van der Waals surface area (Å²) in [5.41, 5.74) is -3.42. The number of rotatable bonds is 7. The summed E-state index contributed by atoms with van der Waals surface area (Å²) in [6.07, 6.45) is 0.433. The van der Waals surface area contributed by atoms with Crippen molar-refractivity contribution in [3.63, 3.8) is 0 Å². The number of carbonyl (C=O) groups excluding carboxylic acids is 2. The maximum atomic E-state index is 11.8. The lowest BCUT2D eigenvalue weighted by molar-refractivity contribution is -0.158. The number of aldehydes is 2. The first-order valence-electron chi connectivity index (χ1n) is 6.71. The number of hydrogen-bond donors (Lipinski definition) is 2. The molecule has 0 radical (unpaired) electrons. The van der Waals surface area contributed by atoms with E-state index in [9.17, 15) is 29.4 Å². The summed E-state index contributed by atoms with van der Waals surface area (Å²) in [5, 5.41) is 18.9. The number of aromatic carboxylic acids is 1. The van der Waals surface area contributed by atoms with Crippen LogP contribution in [0.3, 0.4) is 0 Å². The van der Waals surface area contributed by atoms with Crippen LogP contribution < -0.4 is 4.74 Å². The largest absolute Gasteiger partial charge is 0.478 e. The second-order valence-corrected chi connectivity index (χ2v) is 4.80. The Kier molecular flexibility index (Phi) is 4.74. The van der Waals surface area contributed by atoms with Crippen molar-refractivity contribution in [1.82, 2.24) is 0 Å². The topological polar surface area (TPSA) is 118 Å². The Balaban J connectivity index is 2.69. The molecular formula is C17H12O7. The van der Waals surface area contributed by atoms with Crippen LogP contribution in [0, 0.1) is 0 Å². The molecule has 2 aromatic rings. The van der Waals surface area contributed by atoms with Gasteiger partial charge in [0, 0.05) is 11.1 Å². The molecule has 24 heavy (non-hydrogen) atoms. The molecule has 2 N–H and O–H groups in total. The molecule has 2 rings (SSSR count). The standard InChI is InChI=1S/C17H12O7/c18-9-11-6-7-14(13(8-11)15(20)21)17(10-19,16(22)23)24-12-4-2-1-3-5-12/h1-10H,(H,20,21)(H,22,23). The van der Waals surface area contributed by atoms with E-state index in [0.717, 1.165) is 12.1 Å². The number of benzene rings is 2. The smallest absolute Gasteiger partial charge is 0.360 e. The van der Waals surface area contributed by atoms with Crippen molar-refractivity contribution in [2.45, 2.75) is 5.60 Å². The first kappa shape index (κ1) is 16.9. The van der Waals surface area contributed by atoms with Crippen molar-refractivity contribution in [3.05, 3.63) is 65.2 Å². The molecule has 1 atom stereocenters. The van der Waals surface area contributed by atoms with Crippen LogP contribution in [0.15, 0.2) is 48.5 Å². The zero-order valence-corrected chi connectivity index (χ0v) is 12.2. The van der Waals surface area contributed by atoms with Crippen molar-refractivity contribution in [2.75, 3.05) is 0 Å². The van der Waals surface area contributed by atoms with Crippen LogP contribution in [-0.2, 0) is 15.2 Å². The van der Waals surface area contributed by atoms with Gasteiger partial charge in [-0.3, -0.25) is 9.59 Å². The van der Waals surface area contributed by atoms with Crippen LogP contribution in [0.4, 0.5) is 0 Å². The zero-order chi connectivity index (χ0) is 17.7. The molecule has 7 heteroatoms. The number of ether oxygens (including phenoxy) is 1. The molecular weight excluding hydrogens is 316 g/mol. The number of carboxylic acid groups (broad SMARTS) is 2. The molecule has 0 aromatic heterocycles.